The summed E-state index contributed by atoms with van der Waals surface area (Å²) in [6, 6.07) is 4.52. The van der Waals surface area contributed by atoms with Crippen LogP contribution in [0.5, 0.6) is 0 Å². The van der Waals surface area contributed by atoms with Gasteiger partial charge >= 0.3 is 5.97 Å². The van der Waals surface area contributed by atoms with Gasteiger partial charge in [-0.25, -0.2) is 0 Å². The van der Waals surface area contributed by atoms with Crippen molar-refractivity contribution in [2.24, 2.45) is 11.8 Å². The number of benzene rings is 1. The van der Waals surface area contributed by atoms with Gasteiger partial charge in [0.05, 0.1) is 18.5 Å². The van der Waals surface area contributed by atoms with Gasteiger partial charge in [0.15, 0.2) is 0 Å². The summed E-state index contributed by atoms with van der Waals surface area (Å²) >= 11 is 0. The predicted molar refractivity (Wildman–Crippen MR) is 97.2 cm³/mol. The molecule has 0 radical (unpaired) electrons. The molecule has 1 aromatic carbocycles. The highest BCUT2D eigenvalue weighted by Crippen LogP contribution is 2.33. The van der Waals surface area contributed by atoms with E-state index in [1.54, 1.807) is 12.1 Å². The lowest BCUT2D eigenvalue weighted by Crippen LogP contribution is -2.39. The molecule has 1 fully saturated rings. The molecule has 1 N–H and O–H groups in total. The number of nitrogens with zero attached hydrogens (tertiary/aromatic N) is 2. The van der Waals surface area contributed by atoms with E-state index in [1.807, 2.05) is 4.90 Å². The van der Waals surface area contributed by atoms with Crippen LogP contribution in [0.4, 0.5) is 11.4 Å². The molecular weight excluding hydrogens is 338 g/mol. The highest BCUT2D eigenvalue weighted by atomic mass is 16.6. The van der Waals surface area contributed by atoms with E-state index in [9.17, 15) is 19.7 Å². The summed E-state index contributed by atoms with van der Waals surface area (Å²) in [6.45, 7) is 5.91. The van der Waals surface area contributed by atoms with Crippen molar-refractivity contribution in [2.75, 3.05) is 31.6 Å². The molecule has 1 heterocycles. The Labute approximate surface area is 152 Å². The number of amides is 1. The lowest BCUT2D eigenvalue weighted by Gasteiger charge is -2.36. The monoisotopic (exact) mass is 363 g/mol. The summed E-state index contributed by atoms with van der Waals surface area (Å²) in [5.41, 5.74) is 0.662. The summed E-state index contributed by atoms with van der Waals surface area (Å²) in [5, 5.41) is 14.1. The number of hydrogen-bond acceptors (Lipinski definition) is 6. The second-order valence-electron chi connectivity index (χ2n) is 6.89. The second kappa shape index (κ2) is 8.64. The average molecular weight is 363 g/mol. The first-order valence-corrected chi connectivity index (χ1v) is 8.70. The van der Waals surface area contributed by atoms with E-state index in [2.05, 4.69) is 23.9 Å². The van der Waals surface area contributed by atoms with Crippen molar-refractivity contribution < 1.29 is 19.2 Å². The van der Waals surface area contributed by atoms with Gasteiger partial charge in [0, 0.05) is 31.3 Å². The maximum Gasteiger partial charge on any atom is 0.307 e. The van der Waals surface area contributed by atoms with Crippen molar-refractivity contribution in [1.82, 2.24) is 5.32 Å². The van der Waals surface area contributed by atoms with E-state index < -0.39 is 16.8 Å². The zero-order valence-electron chi connectivity index (χ0n) is 15.4. The molecule has 8 nitrogen and oxygen atoms in total. The SMILES string of the molecule is COC(=O)CCNC(=O)c1ccc(N2CC(C)CC(C)C2)c([N+](=O)[O-])c1. The van der Waals surface area contributed by atoms with Crippen molar-refractivity contribution in [2.45, 2.75) is 26.7 Å². The Morgan fingerprint density at radius 3 is 2.54 bits per heavy atom. The smallest absolute Gasteiger partial charge is 0.307 e. The van der Waals surface area contributed by atoms with Crippen molar-refractivity contribution in [3.8, 4) is 0 Å². The van der Waals surface area contributed by atoms with Gasteiger partial charge in [-0.3, -0.25) is 19.7 Å². The van der Waals surface area contributed by atoms with Gasteiger partial charge in [0.2, 0.25) is 0 Å². The lowest BCUT2D eigenvalue weighted by atomic mass is 9.91. The molecule has 1 aromatic rings. The number of hydrogen-bond donors (Lipinski definition) is 1. The third-order valence-corrected chi connectivity index (χ3v) is 4.49. The zero-order chi connectivity index (χ0) is 19.3. The minimum Gasteiger partial charge on any atom is -0.469 e. The van der Waals surface area contributed by atoms with Gasteiger partial charge in [-0.15, -0.1) is 0 Å². The predicted octanol–water partition coefficient (Wildman–Crippen LogP) is 2.37. The number of carbonyl (C=O) groups is 2. The first kappa shape index (κ1) is 19.7. The first-order chi connectivity index (χ1) is 12.3. The number of rotatable bonds is 6. The Hall–Kier alpha value is -2.64. The third kappa shape index (κ3) is 4.93. The number of nitrogens with one attached hydrogen (secondary N) is 1. The maximum atomic E-state index is 12.2. The minimum absolute atomic E-state index is 0.0476. The molecule has 0 aromatic heterocycles. The molecule has 0 bridgehead atoms. The van der Waals surface area contributed by atoms with Crippen LogP contribution in [0.2, 0.25) is 0 Å². The Morgan fingerprint density at radius 1 is 1.31 bits per heavy atom. The number of nitro groups is 1. The molecule has 2 rings (SSSR count). The fourth-order valence-corrected chi connectivity index (χ4v) is 3.42. The van der Waals surface area contributed by atoms with Crippen LogP contribution in [0, 0.1) is 22.0 Å². The number of ether oxygens (including phenoxy) is 1. The summed E-state index contributed by atoms with van der Waals surface area (Å²) < 4.78 is 4.50. The van der Waals surface area contributed by atoms with Gasteiger partial charge in [-0.2, -0.15) is 0 Å². The van der Waals surface area contributed by atoms with E-state index in [0.29, 0.717) is 17.5 Å². The molecule has 1 amide bonds. The Bertz CT molecular complexity index is 681. The van der Waals surface area contributed by atoms with Crippen molar-refractivity contribution >= 4 is 23.3 Å². The molecule has 142 valence electrons. The second-order valence-corrected chi connectivity index (χ2v) is 6.89. The van der Waals surface area contributed by atoms with Crippen LogP contribution in [-0.2, 0) is 9.53 Å². The first-order valence-electron chi connectivity index (χ1n) is 8.70. The molecule has 1 aliphatic rings. The molecule has 0 aliphatic carbocycles. The van der Waals surface area contributed by atoms with Gasteiger partial charge in [0.25, 0.3) is 11.6 Å². The number of esters is 1. The van der Waals surface area contributed by atoms with Crippen molar-refractivity contribution in [1.29, 1.82) is 0 Å². The number of nitro benzene ring substituents is 1. The van der Waals surface area contributed by atoms with Crippen LogP contribution in [-0.4, -0.2) is 43.5 Å². The topological polar surface area (TPSA) is 102 Å². The number of anilines is 1. The maximum absolute atomic E-state index is 12.2. The lowest BCUT2D eigenvalue weighted by molar-refractivity contribution is -0.384. The summed E-state index contributed by atoms with van der Waals surface area (Å²) in [4.78, 5) is 36.4. The van der Waals surface area contributed by atoms with Gasteiger partial charge in [-0.05, 0) is 30.4 Å². The van der Waals surface area contributed by atoms with Gasteiger partial charge < -0.3 is 15.0 Å². The number of piperidine rings is 1. The van der Waals surface area contributed by atoms with Crippen LogP contribution >= 0.6 is 0 Å². The highest BCUT2D eigenvalue weighted by Gasteiger charge is 2.27. The number of carbonyl (C=O) groups excluding carboxylic acids is 2. The quantitative estimate of drug-likeness (QED) is 0.473. The molecule has 8 heteroatoms. The molecule has 0 saturated carbocycles. The molecule has 1 saturated heterocycles. The van der Waals surface area contributed by atoms with Crippen LogP contribution < -0.4 is 10.2 Å². The van der Waals surface area contributed by atoms with Crippen LogP contribution in [0.1, 0.15) is 37.0 Å². The third-order valence-electron chi connectivity index (χ3n) is 4.49. The summed E-state index contributed by atoms with van der Waals surface area (Å²) in [7, 11) is 1.27. The Kier molecular flexibility index (Phi) is 6.54. The molecule has 26 heavy (non-hydrogen) atoms. The van der Waals surface area contributed by atoms with Gasteiger partial charge in [0.1, 0.15) is 5.69 Å². The fourth-order valence-electron chi connectivity index (χ4n) is 3.42. The van der Waals surface area contributed by atoms with E-state index in [4.69, 9.17) is 0 Å². The van der Waals surface area contributed by atoms with E-state index in [-0.39, 0.29) is 24.2 Å². The van der Waals surface area contributed by atoms with Crippen LogP contribution in [0.25, 0.3) is 0 Å². The van der Waals surface area contributed by atoms with E-state index in [1.165, 1.54) is 13.2 Å². The van der Waals surface area contributed by atoms with E-state index >= 15 is 0 Å². The molecule has 2 unspecified atom stereocenters. The summed E-state index contributed by atoms with van der Waals surface area (Å²) in [5.74, 6) is 0.0307. The summed E-state index contributed by atoms with van der Waals surface area (Å²) in [6.07, 6.45) is 1.15. The Balaban J connectivity index is 2.16. The van der Waals surface area contributed by atoms with Gasteiger partial charge in [-0.1, -0.05) is 13.8 Å². The number of methoxy groups -OCH3 is 1. The fraction of sp³-hybridized carbons (Fsp3) is 0.556. The van der Waals surface area contributed by atoms with Crippen molar-refractivity contribution in [3.63, 3.8) is 0 Å². The minimum atomic E-state index is -0.455. The molecule has 2 atom stereocenters. The molecular formula is C18H25N3O5. The van der Waals surface area contributed by atoms with E-state index in [0.717, 1.165) is 19.5 Å². The standard InChI is InChI=1S/C18H25N3O5/c1-12-8-13(2)11-20(10-12)15-5-4-14(9-16(15)21(24)25)18(23)19-7-6-17(22)26-3/h4-5,9,12-13H,6-8,10-11H2,1-3H3,(H,19,23). The molecule has 0 spiro atoms. The zero-order valence-corrected chi connectivity index (χ0v) is 15.4. The van der Waals surface area contributed by atoms with Crippen LogP contribution in [0.3, 0.4) is 0 Å². The average Bonchev–Trinajstić information content (AvgIpc) is 2.59. The largest absolute Gasteiger partial charge is 0.469 e. The van der Waals surface area contributed by atoms with Crippen molar-refractivity contribution in [3.05, 3.63) is 33.9 Å². The normalized spacial score (nSPS) is 19.7. The highest BCUT2D eigenvalue weighted by molar-refractivity contribution is 5.96. The Morgan fingerprint density at radius 2 is 1.96 bits per heavy atom. The molecule has 1 aliphatic heterocycles. The van der Waals surface area contributed by atoms with Crippen LogP contribution in [0.15, 0.2) is 18.2 Å².